The Balaban J connectivity index is 1.36. The Hall–Kier alpha value is -2.37. The number of aliphatic hydroxyl groups is 2. The first-order chi connectivity index (χ1) is 22.7. The Morgan fingerprint density at radius 3 is 2.52 bits per heavy atom. The van der Waals surface area contributed by atoms with E-state index in [4.69, 9.17) is 16.4 Å². The van der Waals surface area contributed by atoms with E-state index >= 15 is 0 Å². The summed E-state index contributed by atoms with van der Waals surface area (Å²) in [7, 11) is 3.99. The molecule has 6 rings (SSSR count). The zero-order chi connectivity index (χ0) is 34.9. The highest BCUT2D eigenvalue weighted by Crippen LogP contribution is 2.61. The van der Waals surface area contributed by atoms with Gasteiger partial charge in [0.05, 0.1) is 19.3 Å². The number of aliphatic hydroxyl groups excluding tert-OH is 2. The van der Waals surface area contributed by atoms with E-state index in [-0.39, 0.29) is 37.0 Å². The number of benzene rings is 2. The smallest absolute Gasteiger partial charge is 0.240 e. The third kappa shape index (κ3) is 7.68. The third-order valence-electron chi connectivity index (χ3n) is 11.5. The Bertz CT molecular complexity index is 1420. The third-order valence-corrected chi connectivity index (χ3v) is 11.8. The first-order valence-electron chi connectivity index (χ1n) is 17.3. The van der Waals surface area contributed by atoms with Crippen molar-refractivity contribution < 1.29 is 24.2 Å². The van der Waals surface area contributed by atoms with Crippen LogP contribution in [-0.4, -0.2) is 88.6 Å². The molecule has 0 radical (unpaired) electrons. The molecule has 9 atom stereocenters. The number of likely N-dealkylation sites (N-methyl/N-ethyl adjacent to an activating group) is 1. The molecule has 0 aromatic heterocycles. The van der Waals surface area contributed by atoms with Gasteiger partial charge in [-0.25, -0.2) is 4.39 Å². The monoisotopic (exact) mass is 684 g/mol. The molecule has 4 aliphatic rings. The van der Waals surface area contributed by atoms with E-state index in [1.54, 1.807) is 24.1 Å². The van der Waals surface area contributed by atoms with Crippen LogP contribution >= 0.6 is 11.6 Å². The molecule has 3 N–H and O–H groups in total. The number of hydrogen-bond acceptors (Lipinski definition) is 7. The van der Waals surface area contributed by atoms with Gasteiger partial charge in [0.25, 0.3) is 0 Å². The van der Waals surface area contributed by atoms with Crippen LogP contribution in [0.4, 0.5) is 4.39 Å². The van der Waals surface area contributed by atoms with E-state index in [1.807, 2.05) is 38.4 Å². The lowest BCUT2D eigenvalue weighted by Crippen LogP contribution is -2.62. The fraction of sp³-hybridized carbons (Fsp3) is 0.605. The Morgan fingerprint density at radius 1 is 1.21 bits per heavy atom. The zero-order valence-electron chi connectivity index (χ0n) is 29.3. The maximum Gasteiger partial charge on any atom is 0.240 e. The fourth-order valence-corrected chi connectivity index (χ4v) is 8.84. The molecule has 1 saturated heterocycles. The van der Waals surface area contributed by atoms with Crippen LogP contribution in [0.2, 0.25) is 5.02 Å². The molecule has 48 heavy (non-hydrogen) atoms. The standard InChI is InChI=1S/C38H54ClFN4O4/c1-8-28(20-42(6)7)43(21-29-31(39)13-10-14-32(29)40)18-25-11-9-12-26(15-25)19-44-36(35(24(3)46)34(22-45)48-44)37(47)41-33-17-27-16-30(23(33)2)38(27,4)5/h8-15,23-24,27-28,30,33-36,45-46H,1,16-22H2,2-7H3,(H,41,47)/t23-,24-,27+,28-,30-,33-,34-,35+,36?/m0/s1. The quantitative estimate of drug-likeness (QED) is 0.234. The van der Waals surface area contributed by atoms with Crippen molar-refractivity contribution in [3.05, 3.63) is 82.6 Å². The predicted molar refractivity (Wildman–Crippen MR) is 187 cm³/mol. The number of rotatable bonds is 14. The molecular weight excluding hydrogens is 631 g/mol. The normalized spacial score (nSPS) is 29.5. The van der Waals surface area contributed by atoms with E-state index in [2.05, 4.69) is 48.5 Å². The average molecular weight is 685 g/mol. The SMILES string of the molecule is C=C[C@@H](CN(C)C)N(Cc1cccc(CN2O[C@@H](CO)[C@@H]([C@H](C)O)C2C(=O)N[C@H]2C[C@H]3C[C@@H]([C@@H]2C)C3(C)C)c1)Cc1c(F)cccc1Cl. The number of amides is 1. The Morgan fingerprint density at radius 2 is 1.92 bits per heavy atom. The lowest BCUT2D eigenvalue weighted by Gasteiger charge is -2.62. The topological polar surface area (TPSA) is 88.5 Å². The van der Waals surface area contributed by atoms with Gasteiger partial charge in [-0.05, 0) is 80.3 Å². The maximum absolute atomic E-state index is 14.9. The van der Waals surface area contributed by atoms with Gasteiger partial charge >= 0.3 is 0 Å². The van der Waals surface area contributed by atoms with Crippen molar-refractivity contribution >= 4 is 17.5 Å². The van der Waals surface area contributed by atoms with Crippen LogP contribution in [-0.2, 0) is 29.3 Å². The van der Waals surface area contributed by atoms with Crippen LogP contribution in [0.15, 0.2) is 55.1 Å². The molecule has 0 spiro atoms. The summed E-state index contributed by atoms with van der Waals surface area (Å²) in [5, 5.41) is 26.4. The number of carbonyl (C=O) groups excluding carboxylic acids is 1. The van der Waals surface area contributed by atoms with Crippen molar-refractivity contribution in [1.29, 1.82) is 0 Å². The lowest BCUT2D eigenvalue weighted by molar-refractivity contribution is -0.183. The molecule has 2 bridgehead atoms. The van der Waals surface area contributed by atoms with E-state index in [0.29, 0.717) is 53.4 Å². The molecule has 8 nitrogen and oxygen atoms in total. The van der Waals surface area contributed by atoms with Crippen molar-refractivity contribution in [3.8, 4) is 0 Å². The van der Waals surface area contributed by atoms with Crippen molar-refractivity contribution in [2.75, 3.05) is 27.2 Å². The maximum atomic E-state index is 14.9. The number of halogens is 2. The van der Waals surface area contributed by atoms with Crippen molar-refractivity contribution in [2.24, 2.45) is 29.1 Å². The summed E-state index contributed by atoms with van der Waals surface area (Å²) >= 11 is 6.45. The molecule has 1 heterocycles. The highest BCUT2D eigenvalue weighted by molar-refractivity contribution is 6.31. The second-order valence-corrected chi connectivity index (χ2v) is 15.6. The minimum Gasteiger partial charge on any atom is -0.394 e. The molecule has 2 aromatic carbocycles. The fourth-order valence-electron chi connectivity index (χ4n) is 8.62. The van der Waals surface area contributed by atoms with Crippen molar-refractivity contribution in [3.63, 3.8) is 0 Å². The van der Waals surface area contributed by atoms with Gasteiger partial charge in [0, 0.05) is 48.2 Å². The van der Waals surface area contributed by atoms with E-state index in [1.165, 1.54) is 12.5 Å². The van der Waals surface area contributed by atoms with Crippen LogP contribution in [0.1, 0.15) is 57.2 Å². The summed E-state index contributed by atoms with van der Waals surface area (Å²) in [4.78, 5) is 24.5. The summed E-state index contributed by atoms with van der Waals surface area (Å²) in [6.07, 6.45) is 2.47. The first-order valence-corrected chi connectivity index (χ1v) is 17.7. The molecule has 1 amide bonds. The molecule has 2 aromatic rings. The second-order valence-electron chi connectivity index (χ2n) is 15.2. The summed E-state index contributed by atoms with van der Waals surface area (Å²) in [5.41, 5.74) is 2.64. The Kier molecular flexibility index (Phi) is 11.7. The summed E-state index contributed by atoms with van der Waals surface area (Å²) in [5.74, 6) is 0.407. The molecule has 1 aliphatic heterocycles. The summed E-state index contributed by atoms with van der Waals surface area (Å²) in [6.45, 7) is 14.1. The van der Waals surface area contributed by atoms with E-state index in [9.17, 15) is 19.4 Å². The van der Waals surface area contributed by atoms with Crippen LogP contribution in [0.5, 0.6) is 0 Å². The lowest BCUT2D eigenvalue weighted by atomic mass is 9.45. The van der Waals surface area contributed by atoms with Gasteiger partial charge in [0.15, 0.2) is 0 Å². The molecule has 3 aliphatic carbocycles. The molecule has 4 fully saturated rings. The number of hydroxylamine groups is 2. The van der Waals surface area contributed by atoms with Gasteiger partial charge in [-0.2, -0.15) is 5.06 Å². The van der Waals surface area contributed by atoms with Gasteiger partial charge in [-0.1, -0.05) is 68.8 Å². The minimum absolute atomic E-state index is 0.0659. The van der Waals surface area contributed by atoms with Crippen molar-refractivity contribution in [2.45, 2.75) is 90.5 Å². The average Bonchev–Trinajstić information content (AvgIpc) is 3.40. The van der Waals surface area contributed by atoms with Crippen molar-refractivity contribution in [1.82, 2.24) is 20.2 Å². The first kappa shape index (κ1) is 36.9. The number of nitrogens with zero attached hydrogens (tertiary/aromatic N) is 3. The number of nitrogens with one attached hydrogen (secondary N) is 1. The summed E-state index contributed by atoms with van der Waals surface area (Å²) in [6, 6.07) is 12.0. The molecular formula is C38H54ClFN4O4. The van der Waals surface area contributed by atoms with Crippen LogP contribution < -0.4 is 5.32 Å². The van der Waals surface area contributed by atoms with Gasteiger partial charge in [-0.15, -0.1) is 6.58 Å². The van der Waals surface area contributed by atoms with E-state index < -0.39 is 24.2 Å². The largest absolute Gasteiger partial charge is 0.394 e. The van der Waals surface area contributed by atoms with Gasteiger partial charge in [0.2, 0.25) is 5.91 Å². The minimum atomic E-state index is -0.864. The van der Waals surface area contributed by atoms with Crippen LogP contribution in [0.3, 0.4) is 0 Å². The summed E-state index contributed by atoms with van der Waals surface area (Å²) < 4.78 is 14.9. The molecule has 10 heteroatoms. The van der Waals surface area contributed by atoms with Crippen LogP contribution in [0.25, 0.3) is 0 Å². The Labute approximate surface area is 290 Å². The molecule has 264 valence electrons. The number of carbonyl (C=O) groups is 1. The predicted octanol–water partition coefficient (Wildman–Crippen LogP) is 5.26. The van der Waals surface area contributed by atoms with Gasteiger partial charge < -0.3 is 20.4 Å². The molecule has 3 saturated carbocycles. The van der Waals surface area contributed by atoms with Crippen LogP contribution in [0, 0.1) is 34.9 Å². The second kappa shape index (κ2) is 15.3. The van der Waals surface area contributed by atoms with Gasteiger partial charge in [-0.3, -0.25) is 14.5 Å². The highest BCUT2D eigenvalue weighted by Gasteiger charge is 2.57. The number of fused-ring (bicyclic) bond motifs is 2. The molecule has 1 unspecified atom stereocenters. The number of hydrogen-bond donors (Lipinski definition) is 3. The zero-order valence-corrected chi connectivity index (χ0v) is 30.0. The van der Waals surface area contributed by atoms with E-state index in [0.717, 1.165) is 17.5 Å². The van der Waals surface area contributed by atoms with Gasteiger partial charge in [0.1, 0.15) is 18.0 Å². The highest BCUT2D eigenvalue weighted by atomic mass is 35.5.